The van der Waals surface area contributed by atoms with Gasteiger partial charge in [0.2, 0.25) is 0 Å². The van der Waals surface area contributed by atoms with Gasteiger partial charge in [0, 0.05) is 5.56 Å². The summed E-state index contributed by atoms with van der Waals surface area (Å²) in [5, 5.41) is 0. The normalized spacial score (nSPS) is 12.4. The molecule has 0 spiro atoms. The summed E-state index contributed by atoms with van der Waals surface area (Å²) in [6, 6.07) is 17.2. The third-order valence-corrected chi connectivity index (χ3v) is 5.11. The second-order valence-electron chi connectivity index (χ2n) is 7.56. The van der Waals surface area contributed by atoms with Gasteiger partial charge in [-0.15, -0.1) is 13.2 Å². The van der Waals surface area contributed by atoms with E-state index < -0.39 is 18.4 Å². The number of rotatable bonds is 8. The van der Waals surface area contributed by atoms with Crippen molar-refractivity contribution in [2.24, 2.45) is 0 Å². The van der Waals surface area contributed by atoms with Crippen LogP contribution in [0.1, 0.15) is 54.3 Å². The van der Waals surface area contributed by atoms with Crippen molar-refractivity contribution >= 4 is 5.97 Å². The molecule has 7 heteroatoms. The van der Waals surface area contributed by atoms with Crippen LogP contribution in [0.5, 0.6) is 5.75 Å². The quantitative estimate of drug-likeness (QED) is 0.197. The van der Waals surface area contributed by atoms with Crippen molar-refractivity contribution in [2.45, 2.75) is 45.6 Å². The first kappa shape index (κ1) is 24.5. The molecule has 1 atom stereocenters. The zero-order chi connectivity index (χ0) is 24.0. The number of hydrogen-bond acceptors (Lipinski definition) is 3. The topological polar surface area (TPSA) is 35.5 Å². The third kappa shape index (κ3) is 6.65. The van der Waals surface area contributed by atoms with Gasteiger partial charge in [-0.2, -0.15) is 0 Å². The van der Waals surface area contributed by atoms with Crippen LogP contribution in [0.3, 0.4) is 0 Å². The van der Waals surface area contributed by atoms with Crippen LogP contribution >= 0.6 is 0 Å². The fourth-order valence-electron chi connectivity index (χ4n) is 3.49. The standard InChI is InChI=1S/C26H24F4O3/c1-3-5-17-6-15-22(23(27)16-17)18-7-9-20(10-8-18)25(31)32-21-13-11-19(12-14-21)24(4-2)33-26(28,29)30/h6-16,24H,3-5H2,1-2H3. The van der Waals surface area contributed by atoms with E-state index in [0.717, 1.165) is 18.4 Å². The molecule has 3 nitrogen and oxygen atoms in total. The van der Waals surface area contributed by atoms with Crippen LogP contribution in [0.4, 0.5) is 17.6 Å². The van der Waals surface area contributed by atoms with Gasteiger partial charge in [-0.25, -0.2) is 9.18 Å². The lowest BCUT2D eigenvalue weighted by molar-refractivity contribution is -0.345. The van der Waals surface area contributed by atoms with Crippen LogP contribution in [-0.2, 0) is 11.2 Å². The first-order valence-electron chi connectivity index (χ1n) is 10.7. The number of benzene rings is 3. The van der Waals surface area contributed by atoms with Gasteiger partial charge in [-0.05, 0) is 59.9 Å². The highest BCUT2D eigenvalue weighted by molar-refractivity contribution is 5.91. The van der Waals surface area contributed by atoms with Gasteiger partial charge in [0.05, 0.1) is 11.7 Å². The molecule has 33 heavy (non-hydrogen) atoms. The summed E-state index contributed by atoms with van der Waals surface area (Å²) >= 11 is 0. The summed E-state index contributed by atoms with van der Waals surface area (Å²) in [4.78, 5) is 12.4. The van der Waals surface area contributed by atoms with E-state index in [2.05, 4.69) is 4.74 Å². The smallest absolute Gasteiger partial charge is 0.423 e. The van der Waals surface area contributed by atoms with E-state index in [1.54, 1.807) is 25.1 Å². The largest absolute Gasteiger partial charge is 0.523 e. The Morgan fingerprint density at radius 3 is 2.15 bits per heavy atom. The molecule has 174 valence electrons. The summed E-state index contributed by atoms with van der Waals surface area (Å²) in [5.41, 5.74) is 2.59. The molecule has 0 radical (unpaired) electrons. The van der Waals surface area contributed by atoms with E-state index in [9.17, 15) is 22.4 Å². The zero-order valence-corrected chi connectivity index (χ0v) is 18.3. The number of alkyl halides is 3. The number of carbonyl (C=O) groups is 1. The SMILES string of the molecule is CCCc1ccc(-c2ccc(C(=O)Oc3ccc(C(CC)OC(F)(F)F)cc3)cc2)c(F)c1. The molecule has 1 unspecified atom stereocenters. The third-order valence-electron chi connectivity index (χ3n) is 5.11. The van der Waals surface area contributed by atoms with Crippen LogP contribution in [0.25, 0.3) is 11.1 Å². The molecule has 0 aliphatic carbocycles. The van der Waals surface area contributed by atoms with Crippen molar-refractivity contribution in [1.82, 2.24) is 0 Å². The lowest BCUT2D eigenvalue weighted by Crippen LogP contribution is -2.17. The second-order valence-corrected chi connectivity index (χ2v) is 7.56. The Kier molecular flexibility index (Phi) is 7.87. The molecule has 0 aromatic heterocycles. The molecular weight excluding hydrogens is 436 g/mol. The fraction of sp³-hybridized carbons (Fsp3) is 0.269. The summed E-state index contributed by atoms with van der Waals surface area (Å²) in [6.45, 7) is 3.61. The Morgan fingerprint density at radius 1 is 0.939 bits per heavy atom. The summed E-state index contributed by atoms with van der Waals surface area (Å²) in [6.07, 6.45) is -4.01. The molecule has 0 aliphatic rings. The van der Waals surface area contributed by atoms with Crippen molar-refractivity contribution in [3.8, 4) is 16.9 Å². The van der Waals surface area contributed by atoms with Crippen LogP contribution in [0, 0.1) is 5.82 Å². The van der Waals surface area contributed by atoms with Crippen molar-refractivity contribution in [2.75, 3.05) is 0 Å². The Labute approximate surface area is 190 Å². The highest BCUT2D eigenvalue weighted by Crippen LogP contribution is 2.31. The summed E-state index contributed by atoms with van der Waals surface area (Å²) in [5.74, 6) is -0.768. The number of halogens is 4. The van der Waals surface area contributed by atoms with Gasteiger partial charge in [0.25, 0.3) is 0 Å². The Hall–Kier alpha value is -3.19. The first-order valence-corrected chi connectivity index (χ1v) is 10.7. The Balaban J connectivity index is 1.67. The average molecular weight is 460 g/mol. The average Bonchev–Trinajstić information content (AvgIpc) is 2.78. The van der Waals surface area contributed by atoms with Gasteiger partial charge < -0.3 is 4.74 Å². The maximum absolute atomic E-state index is 14.4. The number of aryl methyl sites for hydroxylation is 1. The monoisotopic (exact) mass is 460 g/mol. The highest BCUT2D eigenvalue weighted by Gasteiger charge is 2.33. The van der Waals surface area contributed by atoms with Crippen LogP contribution in [0.2, 0.25) is 0 Å². The zero-order valence-electron chi connectivity index (χ0n) is 18.3. The molecule has 0 saturated heterocycles. The van der Waals surface area contributed by atoms with Crippen LogP contribution in [0.15, 0.2) is 66.7 Å². The highest BCUT2D eigenvalue weighted by atomic mass is 19.4. The predicted molar refractivity (Wildman–Crippen MR) is 117 cm³/mol. The van der Waals surface area contributed by atoms with Crippen molar-refractivity contribution < 1.29 is 31.8 Å². The molecule has 3 rings (SSSR count). The molecular formula is C26H24F4O3. The molecule has 0 bridgehead atoms. The lowest BCUT2D eigenvalue weighted by atomic mass is 10.0. The number of esters is 1. The minimum atomic E-state index is -4.74. The molecule has 3 aromatic rings. The maximum Gasteiger partial charge on any atom is 0.523 e. The van der Waals surface area contributed by atoms with Crippen molar-refractivity contribution in [1.29, 1.82) is 0 Å². The van der Waals surface area contributed by atoms with E-state index in [1.165, 1.54) is 42.5 Å². The minimum Gasteiger partial charge on any atom is -0.423 e. The predicted octanol–water partition coefficient (Wildman–Crippen LogP) is 7.65. The number of hydrogen-bond donors (Lipinski definition) is 0. The number of ether oxygens (including phenoxy) is 2. The molecule has 0 N–H and O–H groups in total. The van der Waals surface area contributed by atoms with Crippen molar-refractivity contribution in [3.63, 3.8) is 0 Å². The lowest BCUT2D eigenvalue weighted by Gasteiger charge is -2.18. The van der Waals surface area contributed by atoms with Gasteiger partial charge in [0.15, 0.2) is 0 Å². The van der Waals surface area contributed by atoms with Crippen LogP contribution in [-0.4, -0.2) is 12.3 Å². The molecule has 0 aliphatic heterocycles. The van der Waals surface area contributed by atoms with E-state index >= 15 is 0 Å². The fourth-order valence-corrected chi connectivity index (χ4v) is 3.49. The summed E-state index contributed by atoms with van der Waals surface area (Å²) < 4.78 is 61.4. The molecule has 0 amide bonds. The van der Waals surface area contributed by atoms with Gasteiger partial charge >= 0.3 is 12.3 Å². The Bertz CT molecular complexity index is 1070. The number of carbonyl (C=O) groups excluding carboxylic acids is 1. The van der Waals surface area contributed by atoms with Gasteiger partial charge in [-0.1, -0.05) is 56.7 Å². The van der Waals surface area contributed by atoms with E-state index in [4.69, 9.17) is 4.74 Å². The van der Waals surface area contributed by atoms with E-state index in [0.29, 0.717) is 16.7 Å². The molecule has 0 heterocycles. The van der Waals surface area contributed by atoms with E-state index in [-0.39, 0.29) is 23.6 Å². The van der Waals surface area contributed by atoms with Crippen LogP contribution < -0.4 is 4.74 Å². The van der Waals surface area contributed by atoms with Crippen molar-refractivity contribution in [3.05, 3.63) is 89.2 Å². The van der Waals surface area contributed by atoms with Gasteiger partial charge in [-0.3, -0.25) is 4.74 Å². The summed E-state index contributed by atoms with van der Waals surface area (Å²) in [7, 11) is 0. The molecule has 0 saturated carbocycles. The van der Waals surface area contributed by atoms with E-state index in [1.807, 2.05) is 13.0 Å². The molecule has 3 aromatic carbocycles. The minimum absolute atomic E-state index is 0.132. The second kappa shape index (κ2) is 10.6. The first-order chi connectivity index (χ1) is 15.7. The van der Waals surface area contributed by atoms with Gasteiger partial charge in [0.1, 0.15) is 11.6 Å². The molecule has 0 fully saturated rings. The maximum atomic E-state index is 14.4. The Morgan fingerprint density at radius 2 is 1.61 bits per heavy atom.